The van der Waals surface area contributed by atoms with Gasteiger partial charge in [-0.3, -0.25) is 14.4 Å². The number of benzene rings is 1. The highest BCUT2D eigenvalue weighted by Gasteiger charge is 2.17. The predicted octanol–water partition coefficient (Wildman–Crippen LogP) is 1.85. The number of carbonyl (C=O) groups excluding carboxylic acids is 4. The van der Waals surface area contributed by atoms with Gasteiger partial charge in [0.25, 0.3) is 11.8 Å². The number of thiophene rings is 1. The summed E-state index contributed by atoms with van der Waals surface area (Å²) in [5.74, 6) is -2.10. The van der Waals surface area contributed by atoms with E-state index < -0.39 is 36.9 Å². The minimum absolute atomic E-state index is 0.229. The number of hydrogen-bond donors (Lipinski definition) is 2. The molecule has 29 heavy (non-hydrogen) atoms. The summed E-state index contributed by atoms with van der Waals surface area (Å²) >= 11 is 1.11. The van der Waals surface area contributed by atoms with Gasteiger partial charge in [-0.2, -0.15) is 0 Å². The predicted molar refractivity (Wildman–Crippen MR) is 105 cm³/mol. The van der Waals surface area contributed by atoms with E-state index in [0.717, 1.165) is 11.3 Å². The second kappa shape index (κ2) is 10.8. The van der Waals surface area contributed by atoms with Gasteiger partial charge in [0.1, 0.15) is 17.2 Å². The van der Waals surface area contributed by atoms with Crippen molar-refractivity contribution in [2.45, 2.75) is 6.92 Å². The van der Waals surface area contributed by atoms with E-state index in [9.17, 15) is 19.2 Å². The molecule has 0 fully saturated rings. The van der Waals surface area contributed by atoms with E-state index in [2.05, 4.69) is 15.4 Å². The maximum atomic E-state index is 12.2. The number of amides is 2. The molecule has 1 aromatic carbocycles. The highest BCUT2D eigenvalue weighted by atomic mass is 32.1. The zero-order valence-corrected chi connectivity index (χ0v) is 16.7. The van der Waals surface area contributed by atoms with Crippen LogP contribution in [0.1, 0.15) is 27.0 Å². The van der Waals surface area contributed by atoms with Crippen molar-refractivity contribution >= 4 is 40.8 Å². The van der Waals surface area contributed by atoms with E-state index in [1.54, 1.807) is 36.6 Å². The third-order valence-electron chi connectivity index (χ3n) is 3.50. The minimum atomic E-state index is -0.791. The van der Waals surface area contributed by atoms with Crippen LogP contribution in [0.4, 0.5) is 5.69 Å². The van der Waals surface area contributed by atoms with Crippen LogP contribution < -0.4 is 15.4 Å². The first-order valence-electron chi connectivity index (χ1n) is 8.57. The van der Waals surface area contributed by atoms with Gasteiger partial charge in [-0.05, 0) is 30.5 Å². The van der Waals surface area contributed by atoms with E-state index >= 15 is 0 Å². The van der Waals surface area contributed by atoms with Crippen LogP contribution in [-0.2, 0) is 19.1 Å². The molecule has 0 aliphatic heterocycles. The number of hydrogen-bond acceptors (Lipinski definition) is 8. The van der Waals surface area contributed by atoms with Crippen LogP contribution in [-0.4, -0.2) is 50.6 Å². The molecule has 2 aromatic rings. The van der Waals surface area contributed by atoms with Gasteiger partial charge in [0.15, 0.2) is 6.61 Å². The van der Waals surface area contributed by atoms with E-state index in [0.29, 0.717) is 12.4 Å². The van der Waals surface area contributed by atoms with Crippen molar-refractivity contribution in [2.75, 3.05) is 32.2 Å². The summed E-state index contributed by atoms with van der Waals surface area (Å²) in [6.07, 6.45) is 0. The fourth-order valence-corrected chi connectivity index (χ4v) is 2.99. The smallest absolute Gasteiger partial charge is 0.350 e. The standard InChI is InChI=1S/C19H20N2O7S/c1-3-27-14-7-5-4-6-12(14)18(24)20-10-16(23)28-11-15(22)21-13-8-9-29-17(13)19(25)26-2/h4-9H,3,10-11H2,1-2H3,(H,20,24)(H,21,22). The summed E-state index contributed by atoms with van der Waals surface area (Å²) in [5.41, 5.74) is 0.552. The van der Waals surface area contributed by atoms with Gasteiger partial charge >= 0.3 is 11.9 Å². The SMILES string of the molecule is CCOc1ccccc1C(=O)NCC(=O)OCC(=O)Nc1ccsc1C(=O)OC. The van der Waals surface area contributed by atoms with Crippen molar-refractivity contribution in [3.05, 3.63) is 46.2 Å². The Bertz CT molecular complexity index is 894. The minimum Gasteiger partial charge on any atom is -0.493 e. The van der Waals surface area contributed by atoms with Gasteiger partial charge in [-0.1, -0.05) is 12.1 Å². The Morgan fingerprint density at radius 2 is 1.86 bits per heavy atom. The topological polar surface area (TPSA) is 120 Å². The Balaban J connectivity index is 1.80. The van der Waals surface area contributed by atoms with E-state index in [4.69, 9.17) is 9.47 Å². The molecule has 1 heterocycles. The fraction of sp³-hybridized carbons (Fsp3) is 0.263. The van der Waals surface area contributed by atoms with Gasteiger partial charge in [-0.15, -0.1) is 11.3 Å². The first-order chi connectivity index (χ1) is 14.0. The molecule has 0 unspecified atom stereocenters. The summed E-state index contributed by atoms with van der Waals surface area (Å²) in [6.45, 7) is 1.20. The fourth-order valence-electron chi connectivity index (χ4n) is 2.23. The van der Waals surface area contributed by atoms with Gasteiger partial charge in [0.05, 0.1) is 25.0 Å². The number of ether oxygens (including phenoxy) is 3. The molecule has 0 aliphatic carbocycles. The number of rotatable bonds is 9. The average Bonchev–Trinajstić information content (AvgIpc) is 3.18. The van der Waals surface area contributed by atoms with Gasteiger partial charge in [-0.25, -0.2) is 4.79 Å². The van der Waals surface area contributed by atoms with Crippen molar-refractivity contribution in [3.8, 4) is 5.75 Å². The van der Waals surface area contributed by atoms with Crippen molar-refractivity contribution in [3.63, 3.8) is 0 Å². The summed E-state index contributed by atoms with van der Waals surface area (Å²) in [6, 6.07) is 8.15. The number of esters is 2. The largest absolute Gasteiger partial charge is 0.493 e. The van der Waals surface area contributed by atoms with Crippen molar-refractivity contribution < 1.29 is 33.4 Å². The Hall–Kier alpha value is -3.40. The lowest BCUT2D eigenvalue weighted by atomic mass is 10.2. The molecular formula is C19H20N2O7S. The first kappa shape index (κ1) is 21.9. The maximum absolute atomic E-state index is 12.2. The third kappa shape index (κ3) is 6.32. The molecule has 9 nitrogen and oxygen atoms in total. The number of methoxy groups -OCH3 is 1. The molecule has 0 radical (unpaired) electrons. The van der Waals surface area contributed by atoms with Gasteiger partial charge in [0, 0.05) is 0 Å². The Morgan fingerprint density at radius 1 is 1.10 bits per heavy atom. The van der Waals surface area contributed by atoms with Crippen LogP contribution in [0.25, 0.3) is 0 Å². The van der Waals surface area contributed by atoms with Crippen molar-refractivity contribution in [2.24, 2.45) is 0 Å². The van der Waals surface area contributed by atoms with Crippen LogP contribution in [0.3, 0.4) is 0 Å². The molecule has 0 saturated heterocycles. The summed E-state index contributed by atoms with van der Waals surface area (Å²) in [4.78, 5) is 47.7. The molecule has 2 N–H and O–H groups in total. The molecule has 2 rings (SSSR count). The number of carbonyl (C=O) groups is 4. The second-order valence-electron chi connectivity index (χ2n) is 5.48. The quantitative estimate of drug-likeness (QED) is 0.594. The van der Waals surface area contributed by atoms with E-state index in [-0.39, 0.29) is 16.1 Å². The zero-order chi connectivity index (χ0) is 21.2. The maximum Gasteiger partial charge on any atom is 0.350 e. The molecule has 1 aromatic heterocycles. The third-order valence-corrected chi connectivity index (χ3v) is 4.39. The molecule has 10 heteroatoms. The van der Waals surface area contributed by atoms with Gasteiger partial charge in [0.2, 0.25) is 0 Å². The van der Waals surface area contributed by atoms with Crippen molar-refractivity contribution in [1.29, 1.82) is 0 Å². The molecule has 0 saturated carbocycles. The van der Waals surface area contributed by atoms with E-state index in [1.165, 1.54) is 13.2 Å². The number of nitrogens with one attached hydrogen (secondary N) is 2. The monoisotopic (exact) mass is 420 g/mol. The molecule has 0 spiro atoms. The highest BCUT2D eigenvalue weighted by Crippen LogP contribution is 2.23. The Labute approximate surface area is 170 Å². The molecule has 0 aliphatic rings. The molecule has 0 atom stereocenters. The van der Waals surface area contributed by atoms with E-state index in [1.807, 2.05) is 0 Å². The lowest BCUT2D eigenvalue weighted by Gasteiger charge is -2.10. The van der Waals surface area contributed by atoms with Crippen molar-refractivity contribution in [1.82, 2.24) is 5.32 Å². The van der Waals surface area contributed by atoms with Crippen LogP contribution in [0.2, 0.25) is 0 Å². The van der Waals surface area contributed by atoms with Crippen LogP contribution in [0, 0.1) is 0 Å². The van der Waals surface area contributed by atoms with Crippen LogP contribution >= 0.6 is 11.3 Å². The highest BCUT2D eigenvalue weighted by molar-refractivity contribution is 7.12. The second-order valence-corrected chi connectivity index (χ2v) is 6.39. The summed E-state index contributed by atoms with van der Waals surface area (Å²) in [7, 11) is 1.23. The Kier molecular flexibility index (Phi) is 8.16. The first-order valence-corrected chi connectivity index (χ1v) is 9.45. The lowest BCUT2D eigenvalue weighted by Crippen LogP contribution is -2.32. The Morgan fingerprint density at radius 3 is 2.59 bits per heavy atom. The number of para-hydroxylation sites is 1. The average molecular weight is 420 g/mol. The lowest BCUT2D eigenvalue weighted by molar-refractivity contribution is -0.146. The normalized spacial score (nSPS) is 10.0. The summed E-state index contributed by atoms with van der Waals surface area (Å²) < 4.78 is 14.8. The molecule has 154 valence electrons. The van der Waals surface area contributed by atoms with Crippen LogP contribution in [0.15, 0.2) is 35.7 Å². The zero-order valence-electron chi connectivity index (χ0n) is 15.9. The molecule has 0 bridgehead atoms. The van der Waals surface area contributed by atoms with Gasteiger partial charge < -0.3 is 24.8 Å². The van der Waals surface area contributed by atoms with Crippen LogP contribution in [0.5, 0.6) is 5.75 Å². The molecular weight excluding hydrogens is 400 g/mol. The molecule has 2 amide bonds. The number of anilines is 1. The summed E-state index contributed by atoms with van der Waals surface area (Å²) in [5, 5.41) is 6.49.